The summed E-state index contributed by atoms with van der Waals surface area (Å²) in [6.07, 6.45) is 20.3. The molecule has 0 saturated carbocycles. The van der Waals surface area contributed by atoms with Crippen molar-refractivity contribution in [2.75, 3.05) is 7.11 Å². The Morgan fingerprint density at radius 3 is 2.64 bits per heavy atom. The number of allylic oxidation sites excluding steroid dienone is 4. The van der Waals surface area contributed by atoms with Gasteiger partial charge in [-0.15, -0.1) is 0 Å². The van der Waals surface area contributed by atoms with E-state index in [9.17, 15) is 15.0 Å². The number of carbonyl (C=O) groups is 1. The van der Waals surface area contributed by atoms with Crippen LogP contribution in [0.2, 0.25) is 0 Å². The molecule has 0 spiro atoms. The molecule has 4 aromatic carbocycles. The van der Waals surface area contributed by atoms with Crippen LogP contribution in [0.25, 0.3) is 16.8 Å². The van der Waals surface area contributed by atoms with E-state index in [-0.39, 0.29) is 47.4 Å². The minimum absolute atomic E-state index is 0.00945. The lowest BCUT2D eigenvalue weighted by molar-refractivity contribution is -0.121. The largest absolute Gasteiger partial charge is 0.508 e. The van der Waals surface area contributed by atoms with Gasteiger partial charge in [-0.2, -0.15) is 0 Å². The zero-order chi connectivity index (χ0) is 37.9. The molecular weight excluding hydrogens is 685 g/mol. The summed E-state index contributed by atoms with van der Waals surface area (Å²) in [6.45, 7) is 2.52. The van der Waals surface area contributed by atoms with Crippen molar-refractivity contribution in [3.05, 3.63) is 130 Å². The van der Waals surface area contributed by atoms with E-state index in [4.69, 9.17) is 14.2 Å². The number of ether oxygens (including phenoxy) is 3. The van der Waals surface area contributed by atoms with Gasteiger partial charge in [-0.1, -0.05) is 80.0 Å². The molecular formula is C49H50O6. The van der Waals surface area contributed by atoms with Gasteiger partial charge in [-0.05, 0) is 131 Å². The number of rotatable bonds is 8. The number of phenols is 1. The zero-order valence-electron chi connectivity index (χ0n) is 31.9. The van der Waals surface area contributed by atoms with Crippen LogP contribution in [0.15, 0.2) is 90.7 Å². The van der Waals surface area contributed by atoms with Gasteiger partial charge in [0.15, 0.2) is 11.5 Å². The quantitative estimate of drug-likeness (QED) is 0.138. The van der Waals surface area contributed by atoms with E-state index in [0.717, 1.165) is 71.7 Å². The van der Waals surface area contributed by atoms with Crippen molar-refractivity contribution in [2.24, 2.45) is 11.8 Å². The Morgan fingerprint density at radius 2 is 1.78 bits per heavy atom. The van der Waals surface area contributed by atoms with E-state index in [1.165, 1.54) is 16.5 Å². The van der Waals surface area contributed by atoms with Gasteiger partial charge in [0.05, 0.1) is 13.0 Å². The summed E-state index contributed by atoms with van der Waals surface area (Å²) >= 11 is 0. The van der Waals surface area contributed by atoms with E-state index < -0.39 is 6.10 Å². The van der Waals surface area contributed by atoms with Gasteiger partial charge < -0.3 is 24.4 Å². The molecule has 0 radical (unpaired) electrons. The average molecular weight is 735 g/mol. The first kappa shape index (κ1) is 36.6. The van der Waals surface area contributed by atoms with Crippen molar-refractivity contribution < 1.29 is 29.2 Å². The van der Waals surface area contributed by atoms with Crippen LogP contribution in [0.5, 0.6) is 17.2 Å². The van der Waals surface area contributed by atoms with E-state index in [1.807, 2.05) is 36.4 Å². The number of hydrogen-bond donors (Lipinski definition) is 2. The number of unbranched alkanes of at least 4 members (excludes halogenated alkanes) is 1. The van der Waals surface area contributed by atoms with Gasteiger partial charge in [-0.25, -0.2) is 0 Å². The summed E-state index contributed by atoms with van der Waals surface area (Å²) in [7, 11) is 1.64. The van der Waals surface area contributed by atoms with E-state index in [1.54, 1.807) is 13.2 Å². The molecule has 9 rings (SSSR count). The third kappa shape index (κ3) is 7.89. The van der Waals surface area contributed by atoms with Gasteiger partial charge in [0.2, 0.25) is 0 Å². The van der Waals surface area contributed by atoms with Crippen molar-refractivity contribution in [2.45, 2.75) is 95.7 Å². The highest BCUT2D eigenvalue weighted by Crippen LogP contribution is 2.49. The molecule has 3 aliphatic carbocycles. The van der Waals surface area contributed by atoms with Gasteiger partial charge >= 0.3 is 0 Å². The van der Waals surface area contributed by atoms with Gasteiger partial charge in [0, 0.05) is 24.3 Å². The number of benzene rings is 4. The van der Waals surface area contributed by atoms with Crippen molar-refractivity contribution in [1.29, 1.82) is 0 Å². The molecule has 5 atom stereocenters. The molecule has 0 aromatic heterocycles. The number of aliphatic hydroxyl groups excluding tert-OH is 1. The van der Waals surface area contributed by atoms with Crippen LogP contribution in [0.4, 0.5) is 0 Å². The molecule has 2 N–H and O–H groups in total. The minimum atomic E-state index is -0.457. The summed E-state index contributed by atoms with van der Waals surface area (Å²) < 4.78 is 18.6. The number of phenolic OH excluding ortho intramolecular Hbond substituents is 1. The van der Waals surface area contributed by atoms with E-state index in [2.05, 4.69) is 67.5 Å². The first-order valence-electron chi connectivity index (χ1n) is 20.0. The van der Waals surface area contributed by atoms with Gasteiger partial charge in [-0.3, -0.25) is 4.79 Å². The second-order valence-electron chi connectivity index (χ2n) is 15.7. The highest BCUT2D eigenvalue weighted by Gasteiger charge is 2.31. The summed E-state index contributed by atoms with van der Waals surface area (Å²) in [6, 6.07) is 20.6. The Hall–Kier alpha value is -5.41. The lowest BCUT2D eigenvalue weighted by atomic mass is 9.74. The molecule has 0 saturated heterocycles. The van der Waals surface area contributed by atoms with Crippen LogP contribution >= 0.6 is 0 Å². The number of methoxy groups -OCH3 is 1. The predicted molar refractivity (Wildman–Crippen MR) is 217 cm³/mol. The molecule has 282 valence electrons. The Kier molecular flexibility index (Phi) is 10.7. The van der Waals surface area contributed by atoms with Gasteiger partial charge in [0.1, 0.15) is 36.1 Å². The third-order valence-corrected chi connectivity index (χ3v) is 12.1. The smallest absolute Gasteiger partial charge is 0.161 e. The van der Waals surface area contributed by atoms with Crippen molar-refractivity contribution in [3.63, 3.8) is 0 Å². The Bertz CT molecular complexity index is 2230. The van der Waals surface area contributed by atoms with Crippen molar-refractivity contribution >= 4 is 22.6 Å². The van der Waals surface area contributed by atoms with Crippen LogP contribution in [0.1, 0.15) is 103 Å². The summed E-state index contributed by atoms with van der Waals surface area (Å²) in [5, 5.41) is 24.5. The second kappa shape index (κ2) is 16.1. The number of aliphatic hydroxyl groups is 1. The molecule has 4 aromatic rings. The van der Waals surface area contributed by atoms with E-state index >= 15 is 0 Å². The Balaban J connectivity index is 1.11. The van der Waals surface area contributed by atoms with Crippen LogP contribution in [0, 0.1) is 23.9 Å². The fraction of sp³-hybridized carbons (Fsp3) is 0.367. The number of Topliss-reactive ketones (excluding diaryl/α,β-unsaturated/α-hetero) is 1. The molecule has 6 nitrogen and oxygen atoms in total. The average Bonchev–Trinajstić information content (AvgIpc) is 3.19. The zero-order valence-corrected chi connectivity index (χ0v) is 31.9. The fourth-order valence-electron chi connectivity index (χ4n) is 9.12. The molecule has 2 aliphatic heterocycles. The number of aromatic hydroxyl groups is 1. The fourth-order valence-corrected chi connectivity index (χ4v) is 9.12. The highest BCUT2D eigenvalue weighted by molar-refractivity contribution is 6.03. The second-order valence-corrected chi connectivity index (χ2v) is 15.7. The van der Waals surface area contributed by atoms with Crippen LogP contribution < -0.4 is 9.47 Å². The van der Waals surface area contributed by atoms with Crippen molar-refractivity contribution in [1.82, 2.24) is 0 Å². The van der Waals surface area contributed by atoms with E-state index in [0.29, 0.717) is 37.4 Å². The molecule has 0 amide bonds. The lowest BCUT2D eigenvalue weighted by Crippen LogP contribution is -2.24. The normalized spacial score (nSPS) is 22.9. The molecule has 55 heavy (non-hydrogen) atoms. The number of carbonyl (C=O) groups excluding carboxylic acids is 1. The number of aryl methyl sites for hydroxylation is 3. The van der Waals surface area contributed by atoms with Crippen molar-refractivity contribution in [3.8, 4) is 29.3 Å². The maximum Gasteiger partial charge on any atom is 0.161 e. The number of hydrogen-bond acceptors (Lipinski definition) is 6. The first-order valence-corrected chi connectivity index (χ1v) is 20.0. The molecule has 0 fully saturated rings. The van der Waals surface area contributed by atoms with Crippen LogP contribution in [0.3, 0.4) is 0 Å². The van der Waals surface area contributed by atoms with Gasteiger partial charge in [0.25, 0.3) is 0 Å². The van der Waals surface area contributed by atoms with Crippen LogP contribution in [-0.4, -0.2) is 29.2 Å². The number of ketones is 1. The maximum atomic E-state index is 13.7. The molecule has 8 bridgehead atoms. The monoisotopic (exact) mass is 734 g/mol. The molecule has 5 aliphatic rings. The SMILES string of the molecule is COc1ccc2cc1OCc1cc3c4c(c(O)cc5c4c1C=C[C@H]5C)[C@H](C#CO[C@@H](C[C@@H]1C=C(O)C=C[C@@H]1CCCCc1ccccc1)CC(=O)CC2)CC3. The topological polar surface area (TPSA) is 85.2 Å². The molecule has 2 heterocycles. The lowest BCUT2D eigenvalue weighted by Gasteiger charge is -2.30. The summed E-state index contributed by atoms with van der Waals surface area (Å²) in [5.41, 5.74) is 7.71. The standard InChI is InChI=1S/C49H50O6/c1-31-12-20-42-38-25-36-16-15-35(47-44(52)29-43(31)49(42)48(36)47)22-23-54-41(28-40(51)18-13-33-14-21-45(53-2)46(24-33)55-30-38)27-37-26-39(50)19-17-34(37)11-7-6-10-32-8-4-3-5-9-32/h3-5,8-9,12,14,17,19-21,24-26,29,31,34-35,37,41,50,52H,6-7,10-11,13,15-16,18,27-28,30H2,1-2H3/t31-,34+,35+,37+,41+/m1/s1. The first-order chi connectivity index (χ1) is 26.8. The minimum Gasteiger partial charge on any atom is -0.508 e. The third-order valence-electron chi connectivity index (χ3n) is 12.1. The maximum absolute atomic E-state index is 13.7. The molecule has 0 unspecified atom stereocenters. The van der Waals surface area contributed by atoms with Crippen LogP contribution in [-0.2, 0) is 35.4 Å². The number of fused-ring (bicyclic) bond motifs is 7. The summed E-state index contributed by atoms with van der Waals surface area (Å²) in [4.78, 5) is 13.7. The predicted octanol–water partition coefficient (Wildman–Crippen LogP) is 10.6. The highest BCUT2D eigenvalue weighted by atomic mass is 16.5. The Labute approximate surface area is 324 Å². The molecule has 6 heteroatoms. The summed E-state index contributed by atoms with van der Waals surface area (Å²) in [5.74, 6) is 5.47. The Morgan fingerprint density at radius 1 is 0.909 bits per heavy atom.